The summed E-state index contributed by atoms with van der Waals surface area (Å²) in [7, 11) is 0. The van der Waals surface area contributed by atoms with E-state index in [0.29, 0.717) is 17.1 Å². The highest BCUT2D eigenvalue weighted by Gasteiger charge is 2.32. The van der Waals surface area contributed by atoms with Gasteiger partial charge in [0.05, 0.1) is 29.3 Å². The number of nitrogens with zero attached hydrogens (tertiary/aromatic N) is 5. The third-order valence-electron chi connectivity index (χ3n) is 5.05. The first-order valence-electron chi connectivity index (χ1n) is 10.0. The smallest absolute Gasteiger partial charge is 0.324 e. The lowest BCUT2D eigenvalue weighted by Crippen LogP contribution is -2.29. The third-order valence-corrected chi connectivity index (χ3v) is 5.05. The predicted molar refractivity (Wildman–Crippen MR) is 114 cm³/mol. The molecule has 1 atom stereocenters. The van der Waals surface area contributed by atoms with Gasteiger partial charge in [-0.15, -0.1) is 0 Å². The Labute approximate surface area is 191 Å². The van der Waals surface area contributed by atoms with E-state index in [1.807, 2.05) is 6.07 Å². The molecule has 1 unspecified atom stereocenters. The van der Waals surface area contributed by atoms with Crippen molar-refractivity contribution in [1.29, 1.82) is 5.26 Å². The third kappa shape index (κ3) is 5.17. The Balaban J connectivity index is 1.51. The summed E-state index contributed by atoms with van der Waals surface area (Å²) >= 11 is 0. The Kier molecular flexibility index (Phi) is 6.23. The average molecular weight is 468 g/mol. The van der Waals surface area contributed by atoms with Gasteiger partial charge in [0.15, 0.2) is 0 Å². The zero-order chi connectivity index (χ0) is 24.3. The van der Waals surface area contributed by atoms with Crippen molar-refractivity contribution in [2.45, 2.75) is 12.1 Å². The van der Waals surface area contributed by atoms with Gasteiger partial charge >= 0.3 is 6.18 Å². The SMILES string of the molecule is N#Cc1cnc(C2CN(CC(=O)Nc3ccc(C(F)(F)F)cc3)N=C2c2ccc(F)cc2)nc1. The molecule has 0 bridgehead atoms. The summed E-state index contributed by atoms with van der Waals surface area (Å²) in [5.74, 6) is -0.963. The first kappa shape index (κ1) is 22.8. The van der Waals surface area contributed by atoms with Crippen molar-refractivity contribution in [3.05, 3.63) is 89.3 Å². The fraction of sp³-hybridized carbons (Fsp3) is 0.174. The lowest BCUT2D eigenvalue weighted by atomic mass is 9.96. The van der Waals surface area contributed by atoms with Crippen LogP contribution in [0.1, 0.15) is 28.4 Å². The van der Waals surface area contributed by atoms with E-state index in [-0.39, 0.29) is 24.3 Å². The van der Waals surface area contributed by atoms with Crippen molar-refractivity contribution >= 4 is 17.3 Å². The van der Waals surface area contributed by atoms with Crippen molar-refractivity contribution in [2.75, 3.05) is 18.4 Å². The van der Waals surface area contributed by atoms with Crippen LogP contribution in [0.15, 0.2) is 66.0 Å². The highest BCUT2D eigenvalue weighted by molar-refractivity contribution is 6.06. The number of benzene rings is 2. The molecule has 0 saturated carbocycles. The molecule has 1 aromatic heterocycles. The normalized spacial score (nSPS) is 15.6. The number of nitrogens with one attached hydrogen (secondary N) is 1. The van der Waals surface area contributed by atoms with Crippen molar-refractivity contribution in [3.8, 4) is 6.07 Å². The molecular weight excluding hydrogens is 452 g/mol. The lowest BCUT2D eigenvalue weighted by Gasteiger charge is -2.15. The van der Waals surface area contributed by atoms with E-state index in [0.717, 1.165) is 12.1 Å². The molecule has 34 heavy (non-hydrogen) atoms. The highest BCUT2D eigenvalue weighted by atomic mass is 19.4. The first-order valence-corrected chi connectivity index (χ1v) is 10.0. The van der Waals surface area contributed by atoms with Gasteiger partial charge < -0.3 is 5.32 Å². The zero-order valence-corrected chi connectivity index (χ0v) is 17.4. The number of carbonyl (C=O) groups is 1. The van der Waals surface area contributed by atoms with Gasteiger partial charge in [-0.05, 0) is 42.0 Å². The van der Waals surface area contributed by atoms with E-state index in [9.17, 15) is 22.4 Å². The maximum absolute atomic E-state index is 13.4. The fourth-order valence-corrected chi connectivity index (χ4v) is 3.43. The quantitative estimate of drug-likeness (QED) is 0.573. The molecule has 2 heterocycles. The van der Waals surface area contributed by atoms with E-state index < -0.39 is 29.4 Å². The van der Waals surface area contributed by atoms with E-state index >= 15 is 0 Å². The molecule has 0 saturated heterocycles. The van der Waals surface area contributed by atoms with Gasteiger partial charge in [-0.25, -0.2) is 14.4 Å². The fourth-order valence-electron chi connectivity index (χ4n) is 3.43. The van der Waals surface area contributed by atoms with Crippen molar-refractivity contribution in [3.63, 3.8) is 0 Å². The van der Waals surface area contributed by atoms with Crippen molar-refractivity contribution in [2.24, 2.45) is 5.10 Å². The molecule has 0 fully saturated rings. The number of nitriles is 1. The van der Waals surface area contributed by atoms with E-state index in [4.69, 9.17) is 5.26 Å². The van der Waals surface area contributed by atoms with Gasteiger partial charge in [0.25, 0.3) is 0 Å². The first-order chi connectivity index (χ1) is 16.2. The number of aromatic nitrogens is 2. The summed E-state index contributed by atoms with van der Waals surface area (Å²) in [4.78, 5) is 21.0. The van der Waals surface area contributed by atoms with Crippen LogP contribution < -0.4 is 5.32 Å². The number of hydrazone groups is 1. The number of hydrogen-bond acceptors (Lipinski definition) is 6. The van der Waals surface area contributed by atoms with Gasteiger partial charge in [-0.3, -0.25) is 9.80 Å². The van der Waals surface area contributed by atoms with Gasteiger partial charge in [0.1, 0.15) is 24.3 Å². The van der Waals surface area contributed by atoms with Crippen LogP contribution >= 0.6 is 0 Å². The van der Waals surface area contributed by atoms with E-state index in [2.05, 4.69) is 20.4 Å². The van der Waals surface area contributed by atoms with E-state index in [1.165, 1.54) is 41.7 Å². The second-order valence-corrected chi connectivity index (χ2v) is 7.46. The molecule has 1 amide bonds. The highest BCUT2D eigenvalue weighted by Crippen LogP contribution is 2.30. The number of hydrogen-bond donors (Lipinski definition) is 1. The number of amides is 1. The van der Waals surface area contributed by atoms with Crippen LogP contribution in [-0.2, 0) is 11.0 Å². The van der Waals surface area contributed by atoms with Crippen LogP contribution in [0.5, 0.6) is 0 Å². The van der Waals surface area contributed by atoms with Crippen molar-refractivity contribution in [1.82, 2.24) is 15.0 Å². The predicted octanol–water partition coefficient (Wildman–Crippen LogP) is 3.95. The van der Waals surface area contributed by atoms with Crippen molar-refractivity contribution < 1.29 is 22.4 Å². The number of carbonyl (C=O) groups excluding carboxylic acids is 1. The lowest BCUT2D eigenvalue weighted by molar-refractivity contribution is -0.137. The molecule has 3 aromatic rings. The molecule has 4 rings (SSSR count). The van der Waals surface area contributed by atoms with E-state index in [1.54, 1.807) is 12.1 Å². The molecule has 2 aromatic carbocycles. The molecule has 1 aliphatic rings. The van der Waals surface area contributed by atoms with Gasteiger partial charge in [-0.1, -0.05) is 12.1 Å². The standard InChI is InChI=1S/C23H16F4N6O/c24-17-5-1-15(2-6-17)21-19(22-29-10-14(9-28)11-30-22)12-33(32-21)13-20(34)31-18-7-3-16(4-8-18)23(25,26)27/h1-8,10-11,19H,12-13H2,(H,31,34). The minimum Gasteiger partial charge on any atom is -0.324 e. The second-order valence-electron chi connectivity index (χ2n) is 7.46. The van der Waals surface area contributed by atoms with Crippen LogP contribution in [0.25, 0.3) is 0 Å². The summed E-state index contributed by atoms with van der Waals surface area (Å²) in [5, 5.41) is 17.5. The average Bonchev–Trinajstić information content (AvgIpc) is 3.23. The Bertz CT molecular complexity index is 1250. The number of anilines is 1. The molecular formula is C23H16F4N6O. The van der Waals surface area contributed by atoms with Crippen LogP contribution in [0.4, 0.5) is 23.2 Å². The Morgan fingerprint density at radius 2 is 1.74 bits per heavy atom. The molecule has 0 spiro atoms. The Morgan fingerprint density at radius 3 is 2.32 bits per heavy atom. The molecule has 0 radical (unpaired) electrons. The summed E-state index contributed by atoms with van der Waals surface area (Å²) in [6.07, 6.45) is -1.71. The molecule has 172 valence electrons. The Hall–Kier alpha value is -4.33. The summed E-state index contributed by atoms with van der Waals surface area (Å²) in [6, 6.07) is 11.7. The van der Waals surface area contributed by atoms with Gasteiger partial charge in [-0.2, -0.15) is 23.5 Å². The summed E-state index contributed by atoms with van der Waals surface area (Å²) < 4.78 is 51.5. The maximum Gasteiger partial charge on any atom is 0.416 e. The molecule has 11 heteroatoms. The summed E-state index contributed by atoms with van der Waals surface area (Å²) in [5.41, 5.74) is 0.822. The number of alkyl halides is 3. The monoisotopic (exact) mass is 468 g/mol. The molecule has 1 aliphatic heterocycles. The number of rotatable bonds is 5. The second kappa shape index (κ2) is 9.27. The van der Waals surface area contributed by atoms with Crippen LogP contribution in [0, 0.1) is 17.1 Å². The van der Waals surface area contributed by atoms with Gasteiger partial charge in [0, 0.05) is 18.1 Å². The molecule has 0 aliphatic carbocycles. The zero-order valence-electron chi connectivity index (χ0n) is 17.4. The largest absolute Gasteiger partial charge is 0.416 e. The minimum atomic E-state index is -4.47. The molecule has 1 N–H and O–H groups in total. The Morgan fingerprint density at radius 1 is 1.09 bits per heavy atom. The maximum atomic E-state index is 13.4. The topological polar surface area (TPSA) is 94.3 Å². The van der Waals surface area contributed by atoms with Crippen LogP contribution in [0.2, 0.25) is 0 Å². The van der Waals surface area contributed by atoms with Crippen LogP contribution in [-0.4, -0.2) is 39.7 Å². The summed E-state index contributed by atoms with van der Waals surface area (Å²) in [6.45, 7) is 0.0531. The van der Waals surface area contributed by atoms with Crippen LogP contribution in [0.3, 0.4) is 0 Å². The van der Waals surface area contributed by atoms with Gasteiger partial charge in [0.2, 0.25) is 5.91 Å². The minimum absolute atomic E-state index is 0.182. The number of halogens is 4. The molecule has 7 nitrogen and oxygen atoms in total.